The Hall–Kier alpha value is -0.860. The molecular weight excluding hydrogens is 150 g/mol. The number of rotatable bonds is 1. The van der Waals surface area contributed by atoms with Crippen molar-refractivity contribution in [3.8, 4) is 0 Å². The number of benzene rings is 1. The van der Waals surface area contributed by atoms with E-state index in [0.29, 0.717) is 0 Å². The predicted molar refractivity (Wildman–Crippen MR) is 47.8 cm³/mol. The van der Waals surface area contributed by atoms with Crippen LogP contribution in [0.5, 0.6) is 0 Å². The van der Waals surface area contributed by atoms with Gasteiger partial charge in [0.1, 0.15) is 6.23 Å². The number of likely N-dealkylation sites (N-methyl/N-ethyl adjacent to an activating group) is 1. The summed E-state index contributed by atoms with van der Waals surface area (Å²) in [5.41, 5.74) is 1.25. The zero-order valence-corrected chi connectivity index (χ0v) is 7.23. The number of nitrogens with zero attached hydrogens (tertiary/aromatic N) is 1. The third kappa shape index (κ3) is 1.36. The van der Waals surface area contributed by atoms with E-state index in [0.717, 1.165) is 13.2 Å². The fourth-order valence-electron chi connectivity index (χ4n) is 1.52. The highest BCUT2D eigenvalue weighted by atomic mass is 16.5. The zero-order valence-electron chi connectivity index (χ0n) is 7.23. The Kier molecular flexibility index (Phi) is 2.11. The highest BCUT2D eigenvalue weighted by Gasteiger charge is 2.22. The number of ether oxygens (including phenoxy) is 1. The number of hydrogen-bond acceptors (Lipinski definition) is 2. The Morgan fingerprint density at radius 1 is 1.33 bits per heavy atom. The van der Waals surface area contributed by atoms with E-state index in [2.05, 4.69) is 24.1 Å². The van der Waals surface area contributed by atoms with Gasteiger partial charge in [-0.1, -0.05) is 30.3 Å². The van der Waals surface area contributed by atoms with Gasteiger partial charge in [-0.05, 0) is 12.6 Å². The lowest BCUT2D eigenvalue weighted by atomic mass is 10.2. The fourth-order valence-corrected chi connectivity index (χ4v) is 1.52. The molecule has 0 radical (unpaired) electrons. The molecule has 0 bridgehead atoms. The molecule has 2 nitrogen and oxygen atoms in total. The van der Waals surface area contributed by atoms with E-state index in [-0.39, 0.29) is 6.23 Å². The zero-order chi connectivity index (χ0) is 8.39. The second kappa shape index (κ2) is 3.25. The molecule has 0 unspecified atom stereocenters. The van der Waals surface area contributed by atoms with Crippen LogP contribution in [0.3, 0.4) is 0 Å². The second-order valence-electron chi connectivity index (χ2n) is 3.11. The quantitative estimate of drug-likeness (QED) is 0.624. The maximum Gasteiger partial charge on any atom is 0.136 e. The summed E-state index contributed by atoms with van der Waals surface area (Å²) < 4.78 is 5.58. The molecule has 1 aromatic rings. The highest BCUT2D eigenvalue weighted by Crippen LogP contribution is 2.24. The van der Waals surface area contributed by atoms with Crippen LogP contribution in [0.15, 0.2) is 30.3 Å². The maximum atomic E-state index is 5.58. The Bertz CT molecular complexity index is 247. The molecule has 1 aromatic carbocycles. The SMILES string of the molecule is CN1CCO[C@H]1c1ccccc1. The van der Waals surface area contributed by atoms with Crippen LogP contribution in [0.25, 0.3) is 0 Å². The molecule has 2 heteroatoms. The molecule has 1 fully saturated rings. The summed E-state index contributed by atoms with van der Waals surface area (Å²) in [6.07, 6.45) is 0.172. The lowest BCUT2D eigenvalue weighted by Gasteiger charge is -2.17. The van der Waals surface area contributed by atoms with Gasteiger partial charge in [0.05, 0.1) is 6.61 Å². The van der Waals surface area contributed by atoms with Gasteiger partial charge in [0, 0.05) is 6.54 Å². The molecular formula is C10H13NO. The molecule has 0 N–H and O–H groups in total. The second-order valence-corrected chi connectivity index (χ2v) is 3.11. The molecule has 0 aliphatic carbocycles. The van der Waals surface area contributed by atoms with Crippen molar-refractivity contribution in [3.63, 3.8) is 0 Å². The van der Waals surface area contributed by atoms with E-state index < -0.39 is 0 Å². The van der Waals surface area contributed by atoms with Gasteiger partial charge in [-0.3, -0.25) is 4.90 Å². The van der Waals surface area contributed by atoms with Crippen molar-refractivity contribution in [2.75, 3.05) is 20.2 Å². The van der Waals surface area contributed by atoms with Crippen LogP contribution in [-0.4, -0.2) is 25.1 Å². The summed E-state index contributed by atoms with van der Waals surface area (Å²) in [6.45, 7) is 1.87. The van der Waals surface area contributed by atoms with Gasteiger partial charge in [-0.25, -0.2) is 0 Å². The van der Waals surface area contributed by atoms with Crippen molar-refractivity contribution in [1.29, 1.82) is 0 Å². The molecule has 1 heterocycles. The first-order valence-electron chi connectivity index (χ1n) is 4.25. The lowest BCUT2D eigenvalue weighted by Crippen LogP contribution is -2.18. The van der Waals surface area contributed by atoms with Gasteiger partial charge >= 0.3 is 0 Å². The summed E-state index contributed by atoms with van der Waals surface area (Å²) in [6, 6.07) is 10.3. The fraction of sp³-hybridized carbons (Fsp3) is 0.400. The molecule has 12 heavy (non-hydrogen) atoms. The van der Waals surface area contributed by atoms with E-state index in [4.69, 9.17) is 4.74 Å². The minimum absolute atomic E-state index is 0.172. The van der Waals surface area contributed by atoms with Crippen molar-refractivity contribution >= 4 is 0 Å². The molecule has 0 aromatic heterocycles. The molecule has 1 aliphatic rings. The predicted octanol–water partition coefficient (Wildman–Crippen LogP) is 1.65. The summed E-state index contributed by atoms with van der Waals surface area (Å²) in [7, 11) is 2.09. The average molecular weight is 163 g/mol. The molecule has 0 saturated carbocycles. The van der Waals surface area contributed by atoms with E-state index in [9.17, 15) is 0 Å². The third-order valence-electron chi connectivity index (χ3n) is 2.20. The highest BCUT2D eigenvalue weighted by molar-refractivity contribution is 5.17. The van der Waals surface area contributed by atoms with Gasteiger partial charge in [0.2, 0.25) is 0 Å². The first kappa shape index (κ1) is 7.77. The molecule has 1 atom stereocenters. The Labute approximate surface area is 72.8 Å². The molecule has 1 aliphatic heterocycles. The van der Waals surface area contributed by atoms with Gasteiger partial charge in [0.25, 0.3) is 0 Å². The largest absolute Gasteiger partial charge is 0.358 e. The van der Waals surface area contributed by atoms with Crippen LogP contribution in [0.1, 0.15) is 11.8 Å². The number of hydrogen-bond donors (Lipinski definition) is 0. The Balaban J connectivity index is 2.19. The van der Waals surface area contributed by atoms with Gasteiger partial charge in [0.15, 0.2) is 0 Å². The van der Waals surface area contributed by atoms with Crippen molar-refractivity contribution in [1.82, 2.24) is 4.90 Å². The third-order valence-corrected chi connectivity index (χ3v) is 2.20. The van der Waals surface area contributed by atoms with Gasteiger partial charge < -0.3 is 4.74 Å². The Morgan fingerprint density at radius 3 is 2.67 bits per heavy atom. The van der Waals surface area contributed by atoms with Crippen LogP contribution in [0.4, 0.5) is 0 Å². The monoisotopic (exact) mass is 163 g/mol. The summed E-state index contributed by atoms with van der Waals surface area (Å²) in [5, 5.41) is 0. The molecule has 0 spiro atoms. The standard InChI is InChI=1S/C10H13NO/c1-11-7-8-12-10(11)9-5-3-2-4-6-9/h2-6,10H,7-8H2,1H3/t10-/m0/s1. The van der Waals surface area contributed by atoms with Gasteiger partial charge in [-0.15, -0.1) is 0 Å². The van der Waals surface area contributed by atoms with Crippen molar-refractivity contribution in [2.45, 2.75) is 6.23 Å². The van der Waals surface area contributed by atoms with Crippen LogP contribution in [-0.2, 0) is 4.74 Å². The van der Waals surface area contributed by atoms with E-state index >= 15 is 0 Å². The van der Waals surface area contributed by atoms with Crippen LogP contribution < -0.4 is 0 Å². The summed E-state index contributed by atoms with van der Waals surface area (Å²) in [5.74, 6) is 0. The minimum atomic E-state index is 0.172. The first-order chi connectivity index (χ1) is 5.88. The van der Waals surface area contributed by atoms with Crippen LogP contribution >= 0.6 is 0 Å². The van der Waals surface area contributed by atoms with Crippen molar-refractivity contribution in [2.24, 2.45) is 0 Å². The van der Waals surface area contributed by atoms with Crippen molar-refractivity contribution in [3.05, 3.63) is 35.9 Å². The van der Waals surface area contributed by atoms with Crippen LogP contribution in [0, 0.1) is 0 Å². The molecule has 64 valence electrons. The van der Waals surface area contributed by atoms with Crippen molar-refractivity contribution < 1.29 is 4.74 Å². The first-order valence-corrected chi connectivity index (χ1v) is 4.25. The smallest absolute Gasteiger partial charge is 0.136 e. The average Bonchev–Trinajstić information content (AvgIpc) is 2.53. The summed E-state index contributed by atoms with van der Waals surface area (Å²) in [4.78, 5) is 2.22. The van der Waals surface area contributed by atoms with E-state index in [1.165, 1.54) is 5.56 Å². The molecule has 0 amide bonds. The summed E-state index contributed by atoms with van der Waals surface area (Å²) >= 11 is 0. The minimum Gasteiger partial charge on any atom is -0.358 e. The molecule has 2 rings (SSSR count). The molecule has 1 saturated heterocycles. The lowest BCUT2D eigenvalue weighted by molar-refractivity contribution is 0.0454. The topological polar surface area (TPSA) is 12.5 Å². The van der Waals surface area contributed by atoms with E-state index in [1.807, 2.05) is 18.2 Å². The maximum absolute atomic E-state index is 5.58. The van der Waals surface area contributed by atoms with Crippen LogP contribution in [0.2, 0.25) is 0 Å². The van der Waals surface area contributed by atoms with E-state index in [1.54, 1.807) is 0 Å². The van der Waals surface area contributed by atoms with Gasteiger partial charge in [-0.2, -0.15) is 0 Å². The Morgan fingerprint density at radius 2 is 2.08 bits per heavy atom. The normalized spacial score (nSPS) is 24.6.